The molecule has 0 saturated carbocycles. The van der Waals surface area contributed by atoms with Gasteiger partial charge in [-0.2, -0.15) is 0 Å². The molecule has 0 spiro atoms. The van der Waals surface area contributed by atoms with Crippen LogP contribution in [-0.4, -0.2) is 39.3 Å². The molecule has 3 rings (SSSR count). The Morgan fingerprint density at radius 3 is 2.39 bits per heavy atom. The van der Waals surface area contributed by atoms with Gasteiger partial charge in [0, 0.05) is 23.6 Å². The molecule has 8 heteroatoms. The summed E-state index contributed by atoms with van der Waals surface area (Å²) in [4.78, 5) is 37.6. The predicted octanol–water partition coefficient (Wildman–Crippen LogP) is 4.55. The van der Waals surface area contributed by atoms with Crippen LogP contribution in [0.1, 0.15) is 42.9 Å². The maximum Gasteiger partial charge on any atom is 0.303 e. The number of aliphatic hydroxyl groups is 1. The molecule has 1 fully saturated rings. The molecular formula is C23H21ClFNO5. The minimum atomic E-state index is -0.953. The minimum Gasteiger partial charge on any atom is -0.507 e. The Balaban J connectivity index is 1.97. The van der Waals surface area contributed by atoms with E-state index in [2.05, 4.69) is 0 Å². The zero-order valence-electron chi connectivity index (χ0n) is 16.6. The van der Waals surface area contributed by atoms with Crippen molar-refractivity contribution in [3.63, 3.8) is 0 Å². The van der Waals surface area contributed by atoms with Gasteiger partial charge >= 0.3 is 5.97 Å². The minimum absolute atomic E-state index is 0.0166. The van der Waals surface area contributed by atoms with Crippen molar-refractivity contribution in [3.8, 4) is 0 Å². The van der Waals surface area contributed by atoms with Crippen LogP contribution < -0.4 is 0 Å². The number of carbonyl (C=O) groups excluding carboxylic acids is 2. The topological polar surface area (TPSA) is 94.9 Å². The lowest BCUT2D eigenvalue weighted by molar-refractivity contribution is -0.140. The number of hydrogen-bond acceptors (Lipinski definition) is 4. The van der Waals surface area contributed by atoms with Crippen molar-refractivity contribution in [1.29, 1.82) is 0 Å². The van der Waals surface area contributed by atoms with Crippen LogP contribution in [0.3, 0.4) is 0 Å². The number of carboxylic acids is 1. The van der Waals surface area contributed by atoms with Gasteiger partial charge in [0.15, 0.2) is 0 Å². The second-order valence-corrected chi connectivity index (χ2v) is 7.70. The number of ketones is 1. The number of carbonyl (C=O) groups is 3. The number of nitrogens with zero attached hydrogens (tertiary/aromatic N) is 1. The second-order valence-electron chi connectivity index (χ2n) is 7.26. The number of aliphatic carboxylic acids is 1. The Morgan fingerprint density at radius 1 is 1.03 bits per heavy atom. The van der Waals surface area contributed by atoms with E-state index in [1.165, 1.54) is 35.2 Å². The van der Waals surface area contributed by atoms with Crippen LogP contribution in [-0.2, 0) is 14.4 Å². The van der Waals surface area contributed by atoms with Crippen molar-refractivity contribution in [2.75, 3.05) is 6.54 Å². The summed E-state index contributed by atoms with van der Waals surface area (Å²) in [7, 11) is 0. The summed E-state index contributed by atoms with van der Waals surface area (Å²) in [5.74, 6) is -3.44. The average Bonchev–Trinajstić information content (AvgIpc) is 2.98. The van der Waals surface area contributed by atoms with Gasteiger partial charge in [-0.3, -0.25) is 14.4 Å². The summed E-state index contributed by atoms with van der Waals surface area (Å²) in [5.41, 5.74) is 0.550. The Morgan fingerprint density at radius 2 is 1.74 bits per heavy atom. The van der Waals surface area contributed by atoms with Gasteiger partial charge in [-0.05, 0) is 54.8 Å². The number of amides is 1. The Kier molecular flexibility index (Phi) is 7.07. The van der Waals surface area contributed by atoms with E-state index in [1.54, 1.807) is 18.2 Å². The molecule has 0 aliphatic carbocycles. The smallest absolute Gasteiger partial charge is 0.303 e. The number of benzene rings is 2. The molecule has 2 N–H and O–H groups in total. The first kappa shape index (κ1) is 22.5. The van der Waals surface area contributed by atoms with E-state index in [9.17, 15) is 23.9 Å². The summed E-state index contributed by atoms with van der Waals surface area (Å²) in [6.07, 6.45) is 1.47. The molecule has 0 radical (unpaired) electrons. The van der Waals surface area contributed by atoms with Crippen LogP contribution in [0.5, 0.6) is 0 Å². The third-order valence-corrected chi connectivity index (χ3v) is 5.36. The standard InChI is InChI=1S/C23H21ClFNO5/c24-16-10-8-14(9-11-16)21(29)19-20(15-5-4-6-17(25)13-15)26(23(31)22(19)30)12-3-1-2-7-18(27)28/h4-6,8-11,13,20,29H,1-3,7,12H2,(H,27,28)/t20-/m1/s1. The average molecular weight is 446 g/mol. The van der Waals surface area contributed by atoms with Gasteiger partial charge in [0.1, 0.15) is 11.6 Å². The molecule has 6 nitrogen and oxygen atoms in total. The fourth-order valence-electron chi connectivity index (χ4n) is 3.63. The first-order valence-corrected chi connectivity index (χ1v) is 10.2. The summed E-state index contributed by atoms with van der Waals surface area (Å²) in [5, 5.41) is 20.1. The molecule has 162 valence electrons. The molecule has 1 aliphatic heterocycles. The normalized spacial score (nSPS) is 17.9. The van der Waals surface area contributed by atoms with Crippen LogP contribution in [0.25, 0.3) is 5.76 Å². The van der Waals surface area contributed by atoms with E-state index >= 15 is 0 Å². The van der Waals surface area contributed by atoms with E-state index in [0.717, 1.165) is 0 Å². The van der Waals surface area contributed by atoms with E-state index < -0.39 is 29.5 Å². The van der Waals surface area contributed by atoms with Crippen LogP contribution >= 0.6 is 11.6 Å². The van der Waals surface area contributed by atoms with Crippen LogP contribution in [0, 0.1) is 5.82 Å². The summed E-state index contributed by atoms with van der Waals surface area (Å²) in [6.45, 7) is 0.169. The highest BCUT2D eigenvalue weighted by atomic mass is 35.5. The number of unbranched alkanes of at least 4 members (excludes halogenated alkanes) is 2. The first-order valence-electron chi connectivity index (χ1n) is 9.81. The van der Waals surface area contributed by atoms with E-state index in [4.69, 9.17) is 16.7 Å². The molecule has 2 aromatic carbocycles. The Labute approximate surface area is 183 Å². The SMILES string of the molecule is O=C(O)CCCCCN1C(=O)C(=O)C(=C(O)c2ccc(Cl)cc2)[C@H]1c1cccc(F)c1. The van der Waals surface area contributed by atoms with Crippen molar-refractivity contribution in [2.24, 2.45) is 0 Å². The molecule has 31 heavy (non-hydrogen) atoms. The molecule has 1 atom stereocenters. The molecular weight excluding hydrogens is 425 g/mol. The molecule has 0 bridgehead atoms. The third-order valence-electron chi connectivity index (χ3n) is 5.11. The molecule has 1 heterocycles. The van der Waals surface area contributed by atoms with Gasteiger partial charge in [0.25, 0.3) is 11.7 Å². The lowest BCUT2D eigenvalue weighted by Gasteiger charge is -2.25. The van der Waals surface area contributed by atoms with Gasteiger partial charge < -0.3 is 15.1 Å². The fraction of sp³-hybridized carbons (Fsp3) is 0.261. The monoisotopic (exact) mass is 445 g/mol. The van der Waals surface area contributed by atoms with Crippen molar-refractivity contribution in [1.82, 2.24) is 4.90 Å². The van der Waals surface area contributed by atoms with Crippen LogP contribution in [0.15, 0.2) is 54.1 Å². The number of Topliss-reactive ketones (excluding diaryl/α,β-unsaturated/α-hetero) is 1. The van der Waals surface area contributed by atoms with E-state index in [1.807, 2.05) is 0 Å². The Hall–Kier alpha value is -3.19. The van der Waals surface area contributed by atoms with Gasteiger partial charge in [-0.1, -0.05) is 30.2 Å². The summed E-state index contributed by atoms with van der Waals surface area (Å²) < 4.78 is 13.9. The molecule has 0 aromatic heterocycles. The first-order chi connectivity index (χ1) is 14.8. The number of carboxylic acid groups (broad SMARTS) is 1. The molecule has 1 aliphatic rings. The summed E-state index contributed by atoms with van der Waals surface area (Å²) in [6, 6.07) is 10.7. The predicted molar refractivity (Wildman–Crippen MR) is 113 cm³/mol. The zero-order valence-corrected chi connectivity index (χ0v) is 17.3. The van der Waals surface area contributed by atoms with Gasteiger partial charge in [-0.25, -0.2) is 4.39 Å². The van der Waals surface area contributed by atoms with Crippen molar-refractivity contribution < 1.29 is 29.0 Å². The van der Waals surface area contributed by atoms with Crippen LogP contribution in [0.2, 0.25) is 5.02 Å². The largest absolute Gasteiger partial charge is 0.507 e. The number of hydrogen-bond donors (Lipinski definition) is 2. The van der Waals surface area contributed by atoms with Crippen LogP contribution in [0.4, 0.5) is 4.39 Å². The van der Waals surface area contributed by atoms with Gasteiger partial charge in [-0.15, -0.1) is 0 Å². The highest BCUT2D eigenvalue weighted by Gasteiger charge is 2.45. The molecule has 0 unspecified atom stereocenters. The summed E-state index contributed by atoms with van der Waals surface area (Å²) >= 11 is 5.89. The van der Waals surface area contributed by atoms with E-state index in [-0.39, 0.29) is 24.3 Å². The zero-order chi connectivity index (χ0) is 22.5. The Bertz CT molecular complexity index is 1030. The second kappa shape index (κ2) is 9.75. The third kappa shape index (κ3) is 5.11. The van der Waals surface area contributed by atoms with Crippen molar-refractivity contribution in [3.05, 3.63) is 76.1 Å². The fourth-order valence-corrected chi connectivity index (χ4v) is 3.76. The van der Waals surface area contributed by atoms with Gasteiger partial charge in [0.05, 0.1) is 11.6 Å². The maximum absolute atomic E-state index is 13.9. The van der Waals surface area contributed by atoms with Crippen molar-refractivity contribution >= 4 is 35.0 Å². The highest BCUT2D eigenvalue weighted by Crippen LogP contribution is 2.39. The lowest BCUT2D eigenvalue weighted by Crippen LogP contribution is -2.30. The maximum atomic E-state index is 13.9. The number of rotatable bonds is 8. The number of halogens is 2. The van der Waals surface area contributed by atoms with Gasteiger partial charge in [0.2, 0.25) is 0 Å². The lowest BCUT2D eigenvalue weighted by atomic mass is 9.95. The van der Waals surface area contributed by atoms with Crippen molar-refractivity contribution in [2.45, 2.75) is 31.7 Å². The highest BCUT2D eigenvalue weighted by molar-refractivity contribution is 6.46. The number of aliphatic hydroxyl groups excluding tert-OH is 1. The molecule has 1 saturated heterocycles. The molecule has 2 aromatic rings. The number of likely N-dealkylation sites (tertiary alicyclic amines) is 1. The molecule has 1 amide bonds. The van der Waals surface area contributed by atoms with E-state index in [0.29, 0.717) is 35.4 Å². The quantitative estimate of drug-likeness (QED) is 0.269.